The highest BCUT2D eigenvalue weighted by Crippen LogP contribution is 2.20. The molecule has 9 heteroatoms. The number of hydrogen-bond donors (Lipinski definition) is 1. The van der Waals surface area contributed by atoms with Crippen LogP contribution in [0.1, 0.15) is 20.8 Å². The highest BCUT2D eigenvalue weighted by Gasteiger charge is 2.13. The Kier molecular flexibility index (Phi) is 6.06. The van der Waals surface area contributed by atoms with Gasteiger partial charge < -0.3 is 4.74 Å². The van der Waals surface area contributed by atoms with Gasteiger partial charge in [0, 0.05) is 16.1 Å². The third-order valence-corrected chi connectivity index (χ3v) is 5.38. The number of carbonyl (C=O) groups excluding carboxylic acids is 1. The molecule has 0 saturated carbocycles. The van der Waals surface area contributed by atoms with Gasteiger partial charge in [-0.15, -0.1) is 16.4 Å². The summed E-state index contributed by atoms with van der Waals surface area (Å²) in [5.74, 6) is 0.219. The Bertz CT molecular complexity index is 1160. The molecule has 0 unspecified atom stereocenters. The number of thiophene rings is 1. The van der Waals surface area contributed by atoms with Gasteiger partial charge in [0.1, 0.15) is 24.5 Å². The lowest BCUT2D eigenvalue weighted by molar-refractivity contribution is 0.102. The van der Waals surface area contributed by atoms with Gasteiger partial charge in [-0.3, -0.25) is 10.1 Å². The first-order chi connectivity index (χ1) is 14.6. The summed E-state index contributed by atoms with van der Waals surface area (Å²) in [6.45, 7) is 0.557. The van der Waals surface area contributed by atoms with E-state index in [2.05, 4.69) is 15.4 Å². The summed E-state index contributed by atoms with van der Waals surface area (Å²) >= 11 is 7.16. The van der Waals surface area contributed by atoms with Crippen LogP contribution in [0.2, 0.25) is 5.02 Å². The van der Waals surface area contributed by atoms with Crippen LogP contribution in [0.5, 0.6) is 5.75 Å². The molecular formula is C21H16ClFN4O2S. The third-order valence-electron chi connectivity index (χ3n) is 4.15. The summed E-state index contributed by atoms with van der Waals surface area (Å²) in [5.41, 5.74) is 1.36. The third kappa shape index (κ3) is 5.03. The van der Waals surface area contributed by atoms with Crippen LogP contribution in [0, 0.1) is 5.82 Å². The van der Waals surface area contributed by atoms with Crippen molar-refractivity contribution in [2.24, 2.45) is 0 Å². The molecule has 0 spiro atoms. The number of nitrogens with zero attached hydrogens (tertiary/aromatic N) is 3. The molecule has 0 saturated heterocycles. The lowest BCUT2D eigenvalue weighted by Crippen LogP contribution is -2.12. The Balaban J connectivity index is 1.34. The van der Waals surface area contributed by atoms with E-state index in [1.165, 1.54) is 28.4 Å². The zero-order chi connectivity index (χ0) is 20.9. The Morgan fingerprint density at radius 1 is 1.20 bits per heavy atom. The van der Waals surface area contributed by atoms with Crippen LogP contribution < -0.4 is 10.1 Å². The van der Waals surface area contributed by atoms with Crippen LogP contribution in [0.4, 0.5) is 10.3 Å². The number of anilines is 1. The minimum atomic E-state index is -0.318. The smallest absolute Gasteiger partial charge is 0.268 e. The number of benzene rings is 2. The van der Waals surface area contributed by atoms with Crippen LogP contribution >= 0.6 is 22.9 Å². The molecule has 4 rings (SSSR count). The van der Waals surface area contributed by atoms with Crippen LogP contribution in [-0.2, 0) is 13.2 Å². The number of rotatable bonds is 7. The first-order valence-corrected chi connectivity index (χ1v) is 10.2. The van der Waals surface area contributed by atoms with Crippen molar-refractivity contribution in [3.8, 4) is 5.75 Å². The molecule has 4 aromatic rings. The highest BCUT2D eigenvalue weighted by molar-refractivity contribution is 7.12. The van der Waals surface area contributed by atoms with E-state index in [4.69, 9.17) is 16.3 Å². The Labute approximate surface area is 180 Å². The van der Waals surface area contributed by atoms with Gasteiger partial charge in [-0.05, 0) is 41.8 Å². The van der Waals surface area contributed by atoms with Gasteiger partial charge in [-0.2, -0.15) is 0 Å². The minimum Gasteiger partial charge on any atom is -0.489 e. The molecule has 6 nitrogen and oxygen atoms in total. The number of hydrogen-bond acceptors (Lipinski definition) is 5. The number of ether oxygens (including phenoxy) is 1. The fourth-order valence-corrected chi connectivity index (χ4v) is 3.58. The zero-order valence-corrected chi connectivity index (χ0v) is 17.2. The van der Waals surface area contributed by atoms with Gasteiger partial charge in [0.2, 0.25) is 5.95 Å². The Morgan fingerprint density at radius 3 is 2.80 bits per heavy atom. The van der Waals surface area contributed by atoms with Crippen molar-refractivity contribution in [3.05, 3.63) is 93.1 Å². The maximum absolute atomic E-state index is 13.8. The van der Waals surface area contributed by atoms with Crippen LogP contribution in [0.25, 0.3) is 0 Å². The number of carbonyl (C=O) groups is 1. The summed E-state index contributed by atoms with van der Waals surface area (Å²) in [4.78, 5) is 17.0. The van der Waals surface area contributed by atoms with Crippen molar-refractivity contribution in [3.63, 3.8) is 0 Å². The molecule has 0 aliphatic heterocycles. The monoisotopic (exact) mass is 442 g/mol. The van der Waals surface area contributed by atoms with Gasteiger partial charge in [0.15, 0.2) is 0 Å². The van der Waals surface area contributed by atoms with E-state index in [-0.39, 0.29) is 24.2 Å². The average molecular weight is 443 g/mol. The topological polar surface area (TPSA) is 69.0 Å². The molecule has 1 N–H and O–H groups in total. The van der Waals surface area contributed by atoms with Gasteiger partial charge >= 0.3 is 0 Å². The molecule has 2 aromatic carbocycles. The second-order valence-electron chi connectivity index (χ2n) is 6.37. The van der Waals surface area contributed by atoms with Crippen molar-refractivity contribution in [1.29, 1.82) is 0 Å². The summed E-state index contributed by atoms with van der Waals surface area (Å²) in [6, 6.07) is 15.3. The Hall–Kier alpha value is -3.23. The normalized spacial score (nSPS) is 10.7. The first kappa shape index (κ1) is 20.1. The summed E-state index contributed by atoms with van der Waals surface area (Å²) in [5, 5.41) is 9.33. The second-order valence-corrected chi connectivity index (χ2v) is 7.72. The van der Waals surface area contributed by atoms with E-state index >= 15 is 0 Å². The first-order valence-electron chi connectivity index (χ1n) is 8.97. The zero-order valence-electron chi connectivity index (χ0n) is 15.6. The van der Waals surface area contributed by atoms with Crippen molar-refractivity contribution in [2.45, 2.75) is 13.2 Å². The van der Waals surface area contributed by atoms with Gasteiger partial charge in [-0.1, -0.05) is 29.8 Å². The largest absolute Gasteiger partial charge is 0.489 e. The number of nitrogens with one attached hydrogen (secondary N) is 1. The van der Waals surface area contributed by atoms with E-state index in [0.717, 1.165) is 5.56 Å². The van der Waals surface area contributed by atoms with E-state index in [0.29, 0.717) is 27.8 Å². The quantitative estimate of drug-likeness (QED) is 0.436. The minimum absolute atomic E-state index is 0.156. The average Bonchev–Trinajstić information content (AvgIpc) is 3.39. The molecule has 0 aliphatic rings. The molecule has 152 valence electrons. The van der Waals surface area contributed by atoms with E-state index < -0.39 is 0 Å². The molecule has 2 heterocycles. The number of aromatic nitrogens is 3. The standard InChI is InChI=1S/C21H16ClFN4O2S/c22-16-5-7-17(8-6-16)29-11-14-9-19(30-12-14)20(28)25-21-24-13-27(26-21)10-15-3-1-2-4-18(15)23/h1-9,12-13H,10-11H2,(H,25,26,28). The molecular weight excluding hydrogens is 427 g/mol. The van der Waals surface area contributed by atoms with Crippen molar-refractivity contribution in [1.82, 2.24) is 14.8 Å². The van der Waals surface area contributed by atoms with Gasteiger partial charge in [0.25, 0.3) is 5.91 Å². The van der Waals surface area contributed by atoms with E-state index in [9.17, 15) is 9.18 Å². The fraction of sp³-hybridized carbons (Fsp3) is 0.0952. The van der Waals surface area contributed by atoms with E-state index in [1.807, 2.05) is 5.38 Å². The van der Waals surface area contributed by atoms with Crippen LogP contribution in [0.3, 0.4) is 0 Å². The molecule has 0 aliphatic carbocycles. The maximum Gasteiger partial charge on any atom is 0.268 e. The molecule has 1 amide bonds. The van der Waals surface area contributed by atoms with Gasteiger partial charge in [0.05, 0.1) is 11.4 Å². The lowest BCUT2D eigenvalue weighted by atomic mass is 10.2. The van der Waals surface area contributed by atoms with Crippen LogP contribution in [0.15, 0.2) is 66.3 Å². The maximum atomic E-state index is 13.8. The van der Waals surface area contributed by atoms with Crippen LogP contribution in [-0.4, -0.2) is 20.7 Å². The molecule has 0 fully saturated rings. The second kappa shape index (κ2) is 9.06. The molecule has 2 aromatic heterocycles. The van der Waals surface area contributed by atoms with Gasteiger partial charge in [-0.25, -0.2) is 14.1 Å². The summed E-state index contributed by atoms with van der Waals surface area (Å²) in [6.07, 6.45) is 1.45. The summed E-state index contributed by atoms with van der Waals surface area (Å²) in [7, 11) is 0. The predicted molar refractivity (Wildman–Crippen MR) is 114 cm³/mol. The summed E-state index contributed by atoms with van der Waals surface area (Å²) < 4.78 is 20.9. The molecule has 0 bridgehead atoms. The van der Waals surface area contributed by atoms with E-state index in [1.54, 1.807) is 48.5 Å². The SMILES string of the molecule is O=C(Nc1ncn(Cc2ccccc2F)n1)c1cc(COc2ccc(Cl)cc2)cs1. The predicted octanol–water partition coefficient (Wildman–Crippen LogP) is 5.01. The molecule has 30 heavy (non-hydrogen) atoms. The van der Waals surface area contributed by atoms with Crippen molar-refractivity contribution in [2.75, 3.05) is 5.32 Å². The number of amides is 1. The number of halogens is 2. The molecule has 0 atom stereocenters. The molecule has 0 radical (unpaired) electrons. The lowest BCUT2D eigenvalue weighted by Gasteiger charge is -2.04. The van der Waals surface area contributed by atoms with Crippen molar-refractivity contribution < 1.29 is 13.9 Å². The van der Waals surface area contributed by atoms with Crippen molar-refractivity contribution >= 4 is 34.8 Å². The highest BCUT2D eigenvalue weighted by atomic mass is 35.5. The fourth-order valence-electron chi connectivity index (χ4n) is 2.66. The Morgan fingerprint density at radius 2 is 2.00 bits per heavy atom.